The van der Waals surface area contributed by atoms with Crippen molar-refractivity contribution in [2.75, 3.05) is 42.3 Å². The van der Waals surface area contributed by atoms with E-state index in [1.165, 1.54) is 6.07 Å². The first kappa shape index (κ1) is 16.1. The number of hydrogen-bond acceptors (Lipinski definition) is 8. The van der Waals surface area contributed by atoms with Gasteiger partial charge in [0.05, 0.1) is 29.9 Å². The van der Waals surface area contributed by atoms with Gasteiger partial charge in [0.25, 0.3) is 0 Å². The Kier molecular flexibility index (Phi) is 4.01. The average Bonchev–Trinajstić information content (AvgIpc) is 3.09. The number of nitrogens with one attached hydrogen (secondary N) is 2. The maximum Gasteiger partial charge on any atom is 0.334 e. The maximum absolute atomic E-state index is 11.5. The predicted molar refractivity (Wildman–Crippen MR) is 97.7 cm³/mol. The molecule has 0 atom stereocenters. The van der Waals surface area contributed by atoms with E-state index in [1.807, 2.05) is 17.0 Å². The van der Waals surface area contributed by atoms with Gasteiger partial charge in [-0.05, 0) is 18.2 Å². The van der Waals surface area contributed by atoms with Gasteiger partial charge in [0, 0.05) is 30.2 Å². The molecule has 1 aromatic carbocycles. The third-order valence-electron chi connectivity index (χ3n) is 4.23. The Morgan fingerprint density at radius 3 is 2.88 bits per heavy atom. The van der Waals surface area contributed by atoms with Crippen molar-refractivity contribution >= 4 is 39.6 Å². The van der Waals surface area contributed by atoms with Crippen LogP contribution in [0.4, 0.5) is 28.7 Å². The van der Waals surface area contributed by atoms with Crippen molar-refractivity contribution in [3.63, 3.8) is 0 Å². The molecule has 4 rings (SSSR count). The van der Waals surface area contributed by atoms with E-state index >= 15 is 0 Å². The number of nitrogen functional groups attached to an aromatic ring is 1. The van der Waals surface area contributed by atoms with E-state index in [0.717, 1.165) is 10.9 Å². The minimum absolute atomic E-state index is 0.0679. The SMILES string of the molecule is Nc1cc(N2CCOCC2)nc(Nc2ccc3[nH]ncc3c2)c1[N+](=O)[O-]. The lowest BCUT2D eigenvalue weighted by molar-refractivity contribution is -0.383. The van der Waals surface area contributed by atoms with E-state index in [1.54, 1.807) is 12.3 Å². The molecule has 0 unspecified atom stereocenters. The van der Waals surface area contributed by atoms with E-state index in [9.17, 15) is 10.1 Å². The second-order valence-electron chi connectivity index (χ2n) is 5.92. The predicted octanol–water partition coefficient (Wildman–Crippen LogP) is 2.03. The van der Waals surface area contributed by atoms with Crippen molar-refractivity contribution < 1.29 is 9.66 Å². The number of ether oxygens (including phenoxy) is 1. The van der Waals surface area contributed by atoms with Crippen molar-refractivity contribution in [1.82, 2.24) is 15.2 Å². The van der Waals surface area contributed by atoms with E-state index in [-0.39, 0.29) is 17.2 Å². The molecule has 0 spiro atoms. The summed E-state index contributed by atoms with van der Waals surface area (Å²) in [7, 11) is 0. The fraction of sp³-hybridized carbons (Fsp3) is 0.250. The van der Waals surface area contributed by atoms with Crippen LogP contribution in [0.3, 0.4) is 0 Å². The molecule has 1 saturated heterocycles. The molecule has 3 heterocycles. The Labute approximate surface area is 148 Å². The molecule has 3 aromatic rings. The third kappa shape index (κ3) is 2.97. The molecule has 10 nitrogen and oxygen atoms in total. The lowest BCUT2D eigenvalue weighted by atomic mass is 10.2. The fourth-order valence-corrected chi connectivity index (χ4v) is 2.93. The molecule has 1 aliphatic heterocycles. The molecule has 1 aliphatic rings. The summed E-state index contributed by atoms with van der Waals surface area (Å²) >= 11 is 0. The van der Waals surface area contributed by atoms with Crippen molar-refractivity contribution in [2.24, 2.45) is 0 Å². The van der Waals surface area contributed by atoms with Gasteiger partial charge in [-0.2, -0.15) is 5.10 Å². The normalized spacial score (nSPS) is 14.5. The molecule has 0 bridgehead atoms. The number of nitro groups is 1. The van der Waals surface area contributed by atoms with Crippen molar-refractivity contribution in [3.8, 4) is 0 Å². The topological polar surface area (TPSA) is 135 Å². The highest BCUT2D eigenvalue weighted by atomic mass is 16.6. The van der Waals surface area contributed by atoms with Gasteiger partial charge in [-0.25, -0.2) is 4.98 Å². The first-order valence-electron chi connectivity index (χ1n) is 8.09. The van der Waals surface area contributed by atoms with E-state index in [0.29, 0.717) is 37.8 Å². The number of aromatic nitrogens is 3. The number of morpholine rings is 1. The second kappa shape index (κ2) is 6.48. The highest BCUT2D eigenvalue weighted by Gasteiger charge is 2.24. The summed E-state index contributed by atoms with van der Waals surface area (Å²) in [5.74, 6) is 0.697. The van der Waals surface area contributed by atoms with Gasteiger partial charge in [-0.1, -0.05) is 0 Å². The molecule has 1 fully saturated rings. The molecule has 10 heteroatoms. The first-order valence-corrected chi connectivity index (χ1v) is 8.09. The molecule has 26 heavy (non-hydrogen) atoms. The number of pyridine rings is 1. The highest BCUT2D eigenvalue weighted by Crippen LogP contribution is 2.35. The van der Waals surface area contributed by atoms with Crippen LogP contribution in [0.25, 0.3) is 10.9 Å². The van der Waals surface area contributed by atoms with Gasteiger partial charge in [-0.15, -0.1) is 0 Å². The van der Waals surface area contributed by atoms with Crippen LogP contribution >= 0.6 is 0 Å². The number of nitrogens with zero attached hydrogens (tertiary/aromatic N) is 4. The largest absolute Gasteiger partial charge is 0.393 e. The first-order chi connectivity index (χ1) is 12.6. The number of benzene rings is 1. The Morgan fingerprint density at radius 1 is 1.31 bits per heavy atom. The minimum atomic E-state index is -0.524. The van der Waals surface area contributed by atoms with Gasteiger partial charge in [0.1, 0.15) is 11.5 Å². The quantitative estimate of drug-likeness (QED) is 0.478. The van der Waals surface area contributed by atoms with Crippen LogP contribution in [-0.4, -0.2) is 46.4 Å². The smallest absolute Gasteiger partial charge is 0.334 e. The van der Waals surface area contributed by atoms with Crippen molar-refractivity contribution in [1.29, 1.82) is 0 Å². The molecular weight excluding hydrogens is 338 g/mol. The zero-order valence-electron chi connectivity index (χ0n) is 13.8. The van der Waals surface area contributed by atoms with Gasteiger partial charge in [0.15, 0.2) is 0 Å². The minimum Gasteiger partial charge on any atom is -0.393 e. The Morgan fingerprint density at radius 2 is 2.12 bits per heavy atom. The van der Waals surface area contributed by atoms with Gasteiger partial charge in [0.2, 0.25) is 5.82 Å². The number of nitrogens with two attached hydrogens (primary N) is 1. The lowest BCUT2D eigenvalue weighted by Gasteiger charge is -2.28. The summed E-state index contributed by atoms with van der Waals surface area (Å²) in [6, 6.07) is 7.00. The van der Waals surface area contributed by atoms with Crippen LogP contribution in [-0.2, 0) is 4.74 Å². The zero-order chi connectivity index (χ0) is 18.1. The Bertz CT molecular complexity index is 966. The Hall–Kier alpha value is -3.40. The zero-order valence-corrected chi connectivity index (χ0v) is 13.8. The summed E-state index contributed by atoms with van der Waals surface area (Å²) in [6.07, 6.45) is 1.68. The summed E-state index contributed by atoms with van der Waals surface area (Å²) in [6.45, 7) is 2.48. The molecule has 134 valence electrons. The van der Waals surface area contributed by atoms with Crippen LogP contribution in [0, 0.1) is 10.1 Å². The number of aromatic amines is 1. The highest BCUT2D eigenvalue weighted by molar-refractivity contribution is 5.85. The molecule has 0 radical (unpaired) electrons. The van der Waals surface area contributed by atoms with E-state index in [4.69, 9.17) is 10.5 Å². The summed E-state index contributed by atoms with van der Waals surface area (Å²) in [5, 5.41) is 22.2. The lowest BCUT2D eigenvalue weighted by Crippen LogP contribution is -2.36. The molecule has 0 amide bonds. The number of H-pyrrole nitrogens is 1. The van der Waals surface area contributed by atoms with E-state index in [2.05, 4.69) is 20.5 Å². The third-order valence-corrected chi connectivity index (χ3v) is 4.23. The van der Waals surface area contributed by atoms with Crippen molar-refractivity contribution in [3.05, 3.63) is 40.6 Å². The van der Waals surface area contributed by atoms with Gasteiger partial charge < -0.3 is 20.7 Å². The molecule has 0 saturated carbocycles. The van der Waals surface area contributed by atoms with Crippen LogP contribution in [0.1, 0.15) is 0 Å². The maximum atomic E-state index is 11.5. The van der Waals surface area contributed by atoms with Crippen LogP contribution < -0.4 is 16.0 Å². The molecular formula is C16H17N7O3. The fourth-order valence-electron chi connectivity index (χ4n) is 2.93. The summed E-state index contributed by atoms with van der Waals surface area (Å²) in [4.78, 5) is 17.4. The summed E-state index contributed by atoms with van der Waals surface area (Å²) in [5.41, 5.74) is 7.32. The van der Waals surface area contributed by atoms with Gasteiger partial charge in [-0.3, -0.25) is 15.2 Å². The summed E-state index contributed by atoms with van der Waals surface area (Å²) < 4.78 is 5.34. The number of hydrogen-bond donors (Lipinski definition) is 3. The molecule has 2 aromatic heterocycles. The number of fused-ring (bicyclic) bond motifs is 1. The van der Waals surface area contributed by atoms with Crippen molar-refractivity contribution in [2.45, 2.75) is 0 Å². The van der Waals surface area contributed by atoms with Crippen LogP contribution in [0.15, 0.2) is 30.5 Å². The molecule has 0 aliphatic carbocycles. The standard InChI is InChI=1S/C16H17N7O3/c17-12-8-14(22-3-5-26-6-4-22)20-16(15(12)23(24)25)19-11-1-2-13-10(7-11)9-18-21-13/h1-2,7-9H,3-6H2,(H,18,21)(H3,17,19,20). The Balaban J connectivity index is 1.73. The number of anilines is 4. The van der Waals surface area contributed by atoms with Crippen LogP contribution in [0.5, 0.6) is 0 Å². The monoisotopic (exact) mass is 355 g/mol. The average molecular weight is 355 g/mol. The van der Waals surface area contributed by atoms with E-state index < -0.39 is 4.92 Å². The second-order valence-corrected chi connectivity index (χ2v) is 5.92. The number of rotatable bonds is 4. The van der Waals surface area contributed by atoms with Crippen LogP contribution in [0.2, 0.25) is 0 Å². The molecule has 4 N–H and O–H groups in total. The van der Waals surface area contributed by atoms with Gasteiger partial charge >= 0.3 is 5.69 Å².